The first kappa shape index (κ1) is 15.3. The zero-order valence-corrected chi connectivity index (χ0v) is 12.0. The van der Waals surface area contributed by atoms with Crippen LogP contribution in [0, 0.1) is 0 Å². The number of nitrogens with zero attached hydrogens (tertiary/aromatic N) is 4. The molecule has 0 N–H and O–H groups in total. The van der Waals surface area contributed by atoms with Crippen molar-refractivity contribution in [3.8, 4) is 5.75 Å². The molecule has 0 spiro atoms. The van der Waals surface area contributed by atoms with Gasteiger partial charge in [-0.2, -0.15) is 10.1 Å². The number of alkyl halides is 3. The highest BCUT2D eigenvalue weighted by Crippen LogP contribution is 2.23. The molecule has 1 aromatic carbocycles. The van der Waals surface area contributed by atoms with Crippen LogP contribution in [0.3, 0.4) is 0 Å². The van der Waals surface area contributed by atoms with Gasteiger partial charge in [0.15, 0.2) is 0 Å². The van der Waals surface area contributed by atoms with Crippen LogP contribution in [0.5, 0.6) is 5.75 Å². The van der Waals surface area contributed by atoms with Gasteiger partial charge in [-0.05, 0) is 24.1 Å². The lowest BCUT2D eigenvalue weighted by atomic mass is 10.1. The van der Waals surface area contributed by atoms with Crippen molar-refractivity contribution in [2.45, 2.75) is 25.7 Å². The normalized spacial score (nSPS) is 14.5. The Morgan fingerprint density at radius 3 is 2.65 bits per heavy atom. The molecule has 1 aromatic heterocycles. The molecule has 0 aliphatic carbocycles. The lowest BCUT2D eigenvalue weighted by molar-refractivity contribution is -0.274. The fraction of sp³-hybridized carbons (Fsp3) is 0.357. The predicted molar refractivity (Wildman–Crippen MR) is 73.8 cm³/mol. The lowest BCUT2D eigenvalue weighted by Gasteiger charge is -2.26. The van der Waals surface area contributed by atoms with Crippen molar-refractivity contribution in [2.24, 2.45) is 0 Å². The quantitative estimate of drug-likeness (QED) is 0.867. The molecule has 0 saturated carbocycles. The molecule has 23 heavy (non-hydrogen) atoms. The van der Waals surface area contributed by atoms with Gasteiger partial charge >= 0.3 is 6.36 Å². The molecule has 0 unspecified atom stereocenters. The summed E-state index contributed by atoms with van der Waals surface area (Å²) in [6, 6.07) is 5.25. The first-order valence-corrected chi connectivity index (χ1v) is 6.95. The fourth-order valence-electron chi connectivity index (χ4n) is 2.42. The van der Waals surface area contributed by atoms with Crippen LogP contribution in [0.25, 0.3) is 0 Å². The van der Waals surface area contributed by atoms with Crippen LogP contribution in [-0.4, -0.2) is 33.6 Å². The second kappa shape index (κ2) is 5.90. The second-order valence-electron chi connectivity index (χ2n) is 5.05. The number of carbonyl (C=O) groups is 1. The Morgan fingerprint density at radius 2 is 1.96 bits per heavy atom. The first-order chi connectivity index (χ1) is 10.9. The van der Waals surface area contributed by atoms with E-state index in [2.05, 4.69) is 14.8 Å². The number of anilines is 1. The Kier molecular flexibility index (Phi) is 3.93. The third-order valence-electron chi connectivity index (χ3n) is 3.40. The van der Waals surface area contributed by atoms with Gasteiger partial charge in [-0.1, -0.05) is 12.1 Å². The van der Waals surface area contributed by atoms with E-state index in [1.165, 1.54) is 35.5 Å². The highest BCUT2D eigenvalue weighted by atomic mass is 19.4. The monoisotopic (exact) mass is 326 g/mol. The van der Waals surface area contributed by atoms with Gasteiger partial charge in [0.1, 0.15) is 12.1 Å². The average Bonchev–Trinajstić information content (AvgIpc) is 2.96. The van der Waals surface area contributed by atoms with Crippen LogP contribution < -0.4 is 9.64 Å². The summed E-state index contributed by atoms with van der Waals surface area (Å²) in [5.74, 6) is 0.00753. The molecule has 9 heteroatoms. The number of aryl methyl sites for hydroxylation is 1. The highest BCUT2D eigenvalue weighted by Gasteiger charge is 2.31. The maximum absolute atomic E-state index is 12.4. The van der Waals surface area contributed by atoms with Crippen molar-refractivity contribution >= 4 is 11.9 Å². The van der Waals surface area contributed by atoms with Gasteiger partial charge in [-0.15, -0.1) is 13.2 Å². The van der Waals surface area contributed by atoms with Gasteiger partial charge in [-0.25, -0.2) is 4.68 Å². The van der Waals surface area contributed by atoms with Gasteiger partial charge in [0.25, 0.3) is 0 Å². The first-order valence-electron chi connectivity index (χ1n) is 6.95. The Labute approximate surface area is 129 Å². The van der Waals surface area contributed by atoms with Gasteiger partial charge in [0, 0.05) is 13.1 Å². The maximum atomic E-state index is 12.4. The second-order valence-corrected chi connectivity index (χ2v) is 5.05. The molecular weight excluding hydrogens is 313 g/mol. The van der Waals surface area contributed by atoms with Gasteiger partial charge in [-0.3, -0.25) is 9.69 Å². The summed E-state index contributed by atoms with van der Waals surface area (Å²) in [5.41, 5.74) is 0.598. The molecule has 0 bridgehead atoms. The smallest absolute Gasteiger partial charge is 0.406 e. The van der Waals surface area contributed by atoms with Crippen LogP contribution >= 0.6 is 0 Å². The molecule has 0 saturated heterocycles. The number of rotatable bonds is 3. The van der Waals surface area contributed by atoms with E-state index in [0.29, 0.717) is 24.6 Å². The van der Waals surface area contributed by atoms with E-state index >= 15 is 0 Å². The highest BCUT2D eigenvalue weighted by molar-refractivity contribution is 5.93. The van der Waals surface area contributed by atoms with E-state index in [-0.39, 0.29) is 18.1 Å². The van der Waals surface area contributed by atoms with Crippen molar-refractivity contribution in [1.29, 1.82) is 0 Å². The van der Waals surface area contributed by atoms with E-state index in [1.807, 2.05) is 0 Å². The van der Waals surface area contributed by atoms with Crippen molar-refractivity contribution in [1.82, 2.24) is 14.8 Å². The molecule has 6 nitrogen and oxygen atoms in total. The van der Waals surface area contributed by atoms with Crippen molar-refractivity contribution in [3.63, 3.8) is 0 Å². The van der Waals surface area contributed by atoms with E-state index in [1.54, 1.807) is 4.68 Å². The van der Waals surface area contributed by atoms with Gasteiger partial charge in [0.2, 0.25) is 11.9 Å². The summed E-state index contributed by atoms with van der Waals surface area (Å²) < 4.78 is 41.8. The maximum Gasteiger partial charge on any atom is 0.573 e. The Balaban J connectivity index is 1.67. The summed E-state index contributed by atoms with van der Waals surface area (Å²) in [6.07, 6.45) is -2.49. The minimum Gasteiger partial charge on any atom is -0.406 e. The molecule has 2 heterocycles. The van der Waals surface area contributed by atoms with Crippen LogP contribution in [0.1, 0.15) is 12.0 Å². The fourth-order valence-corrected chi connectivity index (χ4v) is 2.42. The summed E-state index contributed by atoms with van der Waals surface area (Å²) in [4.78, 5) is 18.0. The van der Waals surface area contributed by atoms with Crippen molar-refractivity contribution in [3.05, 3.63) is 36.2 Å². The number of halogens is 3. The molecular formula is C14H13F3N4O2. The van der Waals surface area contributed by atoms with Crippen LogP contribution in [0.2, 0.25) is 0 Å². The number of amides is 1. The van der Waals surface area contributed by atoms with Crippen LogP contribution in [-0.2, 0) is 17.8 Å². The molecule has 122 valence electrons. The summed E-state index contributed by atoms with van der Waals surface area (Å²) >= 11 is 0. The average molecular weight is 326 g/mol. The van der Waals surface area contributed by atoms with E-state index in [0.717, 1.165) is 6.42 Å². The number of carbonyl (C=O) groups excluding carboxylic acids is 1. The van der Waals surface area contributed by atoms with E-state index in [4.69, 9.17) is 0 Å². The zero-order valence-electron chi connectivity index (χ0n) is 12.0. The van der Waals surface area contributed by atoms with E-state index < -0.39 is 6.36 Å². The number of aromatic nitrogens is 3. The number of fused-ring (bicyclic) bond motifs is 1. The van der Waals surface area contributed by atoms with Crippen LogP contribution in [0.4, 0.5) is 19.1 Å². The number of ether oxygens (including phenoxy) is 1. The van der Waals surface area contributed by atoms with Gasteiger partial charge in [0.05, 0.1) is 6.42 Å². The lowest BCUT2D eigenvalue weighted by Crippen LogP contribution is -2.39. The topological polar surface area (TPSA) is 60.2 Å². The van der Waals surface area contributed by atoms with Crippen molar-refractivity contribution < 1.29 is 22.7 Å². The van der Waals surface area contributed by atoms with E-state index in [9.17, 15) is 18.0 Å². The predicted octanol–water partition coefficient (Wildman–Crippen LogP) is 2.16. The largest absolute Gasteiger partial charge is 0.573 e. The molecule has 0 atom stereocenters. The third-order valence-corrected chi connectivity index (χ3v) is 3.40. The minimum absolute atomic E-state index is 0.0686. The zero-order chi connectivity index (χ0) is 16.4. The summed E-state index contributed by atoms with van der Waals surface area (Å²) in [7, 11) is 0. The number of benzene rings is 1. The molecule has 0 fully saturated rings. The number of hydrogen-bond acceptors (Lipinski definition) is 4. The number of hydrogen-bond donors (Lipinski definition) is 0. The Hall–Kier alpha value is -2.58. The Bertz CT molecular complexity index is 697. The standard InChI is InChI=1S/C14H13F3N4O2/c15-14(16,17)23-11-4-2-10(3-5-11)8-12(22)20-6-1-7-21-13(20)18-9-19-21/h2-5,9H,1,6-8H2. The molecule has 1 aliphatic heterocycles. The SMILES string of the molecule is O=C(Cc1ccc(OC(F)(F)F)cc1)N1CCCn2ncnc21. The molecule has 2 aromatic rings. The molecule has 3 rings (SSSR count). The third kappa shape index (κ3) is 3.61. The minimum atomic E-state index is -4.73. The van der Waals surface area contributed by atoms with Gasteiger partial charge < -0.3 is 4.74 Å². The summed E-state index contributed by atoms with van der Waals surface area (Å²) in [5, 5.41) is 4.03. The van der Waals surface area contributed by atoms with Crippen molar-refractivity contribution in [2.75, 3.05) is 11.4 Å². The van der Waals surface area contributed by atoms with Crippen LogP contribution in [0.15, 0.2) is 30.6 Å². The summed E-state index contributed by atoms with van der Waals surface area (Å²) in [6.45, 7) is 1.26. The molecule has 0 radical (unpaired) electrons. The Morgan fingerprint density at radius 1 is 1.22 bits per heavy atom. The molecule has 1 aliphatic rings. The molecule has 1 amide bonds.